The zero-order valence-electron chi connectivity index (χ0n) is 11.9. The Morgan fingerprint density at radius 1 is 0.857 bits per heavy atom. The first kappa shape index (κ1) is 24.1. The molecule has 2 atom stereocenters. The molecule has 0 aromatic heterocycles. The van der Waals surface area contributed by atoms with Crippen LogP contribution in [0.4, 0.5) is 0 Å². The molecule has 0 heterocycles. The van der Waals surface area contributed by atoms with Gasteiger partial charge < -0.3 is 0 Å². The quantitative estimate of drug-likeness (QED) is 0.333. The van der Waals surface area contributed by atoms with Crippen LogP contribution >= 0.6 is 0 Å². The standard InChI is InChI=1S/C12H25O6S2.Na.H/c1-3-5-6-8-12(20(16,17)18)10-7-9-11(4-2)19(13,14)15;;/h11-12H,2-10H2,1H3,(H,13,14,15)(H,16,17,18);;. The molecule has 0 aliphatic rings. The SMILES string of the molecule is [CH2]CC(CCCC(CCCCC)S(=O)(=O)O)S(=O)(=O)O.[NaH]. The van der Waals surface area contributed by atoms with Crippen molar-refractivity contribution in [3.63, 3.8) is 0 Å². The Morgan fingerprint density at radius 2 is 1.29 bits per heavy atom. The molecule has 0 amide bonds. The van der Waals surface area contributed by atoms with E-state index in [0.29, 0.717) is 19.3 Å². The minimum atomic E-state index is -4.14. The van der Waals surface area contributed by atoms with Crippen molar-refractivity contribution in [3.05, 3.63) is 6.92 Å². The van der Waals surface area contributed by atoms with E-state index in [1.54, 1.807) is 0 Å². The van der Waals surface area contributed by atoms with Crippen molar-refractivity contribution in [1.82, 2.24) is 0 Å². The van der Waals surface area contributed by atoms with Gasteiger partial charge in [0.05, 0.1) is 10.5 Å². The molecular weight excluding hydrogens is 327 g/mol. The molecule has 21 heavy (non-hydrogen) atoms. The average molecular weight is 353 g/mol. The van der Waals surface area contributed by atoms with Gasteiger partial charge in [-0.05, 0) is 25.7 Å². The Balaban J connectivity index is 0. The summed E-state index contributed by atoms with van der Waals surface area (Å²) in [5.41, 5.74) is 0. The van der Waals surface area contributed by atoms with Gasteiger partial charge in [-0.2, -0.15) is 16.8 Å². The Morgan fingerprint density at radius 3 is 1.67 bits per heavy atom. The average Bonchev–Trinajstić information content (AvgIpc) is 2.29. The zero-order chi connectivity index (χ0) is 15.8. The maximum atomic E-state index is 11.2. The second-order valence-electron chi connectivity index (χ2n) is 4.99. The van der Waals surface area contributed by atoms with E-state index >= 15 is 0 Å². The van der Waals surface area contributed by atoms with Crippen molar-refractivity contribution in [2.45, 2.75) is 68.8 Å². The van der Waals surface area contributed by atoms with Crippen LogP contribution in [-0.4, -0.2) is 66.0 Å². The maximum absolute atomic E-state index is 11.2. The summed E-state index contributed by atoms with van der Waals surface area (Å²) in [4.78, 5) is 0. The number of rotatable bonds is 11. The van der Waals surface area contributed by atoms with E-state index in [1.165, 1.54) is 0 Å². The Bertz CT molecular complexity index is 460. The summed E-state index contributed by atoms with van der Waals surface area (Å²) in [6.45, 7) is 5.45. The molecule has 0 aliphatic carbocycles. The molecule has 9 heteroatoms. The first-order valence-corrected chi connectivity index (χ1v) is 9.85. The van der Waals surface area contributed by atoms with Gasteiger partial charge in [0.2, 0.25) is 0 Å². The Hall–Kier alpha value is 0.820. The Kier molecular flexibility index (Phi) is 13.0. The molecule has 0 aromatic carbocycles. The fraction of sp³-hybridized carbons (Fsp3) is 0.917. The molecule has 6 nitrogen and oxygen atoms in total. The van der Waals surface area contributed by atoms with Gasteiger partial charge in [0.25, 0.3) is 20.2 Å². The summed E-state index contributed by atoms with van der Waals surface area (Å²) < 4.78 is 62.6. The normalized spacial score (nSPS) is 15.2. The van der Waals surface area contributed by atoms with Crippen LogP contribution in [-0.2, 0) is 20.2 Å². The van der Waals surface area contributed by atoms with Crippen LogP contribution in [0, 0.1) is 6.92 Å². The molecule has 0 aliphatic heterocycles. The predicted molar refractivity (Wildman–Crippen MR) is 85.8 cm³/mol. The second-order valence-corrected chi connectivity index (χ2v) is 8.38. The molecular formula is C12H26NaO6S2. The zero-order valence-corrected chi connectivity index (χ0v) is 13.5. The van der Waals surface area contributed by atoms with Crippen LogP contribution in [0.5, 0.6) is 0 Å². The van der Waals surface area contributed by atoms with Gasteiger partial charge >= 0.3 is 29.6 Å². The number of hydrogen-bond acceptors (Lipinski definition) is 4. The molecule has 0 rings (SSSR count). The molecule has 0 spiro atoms. The van der Waals surface area contributed by atoms with Crippen molar-refractivity contribution in [1.29, 1.82) is 0 Å². The van der Waals surface area contributed by atoms with Gasteiger partial charge in [0, 0.05) is 0 Å². The topological polar surface area (TPSA) is 109 Å². The Labute approximate surface area is 150 Å². The van der Waals surface area contributed by atoms with Crippen LogP contribution in [0.15, 0.2) is 0 Å². The van der Waals surface area contributed by atoms with Crippen LogP contribution in [0.2, 0.25) is 0 Å². The van der Waals surface area contributed by atoms with Gasteiger partial charge in [0.1, 0.15) is 0 Å². The predicted octanol–water partition coefficient (Wildman–Crippen LogP) is 1.83. The molecule has 0 aromatic rings. The summed E-state index contributed by atoms with van der Waals surface area (Å²) >= 11 is 0. The van der Waals surface area contributed by atoms with Crippen molar-refractivity contribution in [3.8, 4) is 0 Å². The third-order valence-corrected chi connectivity index (χ3v) is 5.97. The van der Waals surface area contributed by atoms with Crippen molar-refractivity contribution >= 4 is 49.8 Å². The van der Waals surface area contributed by atoms with Gasteiger partial charge in [0.15, 0.2) is 0 Å². The summed E-state index contributed by atoms with van der Waals surface area (Å²) in [5.74, 6) is 0. The fourth-order valence-corrected chi connectivity index (χ4v) is 3.77. The van der Waals surface area contributed by atoms with E-state index < -0.39 is 30.7 Å². The van der Waals surface area contributed by atoms with Gasteiger partial charge in [-0.25, -0.2) is 0 Å². The van der Waals surface area contributed by atoms with E-state index in [9.17, 15) is 16.8 Å². The van der Waals surface area contributed by atoms with Crippen molar-refractivity contribution < 1.29 is 25.9 Å². The molecule has 1 radical (unpaired) electrons. The third kappa shape index (κ3) is 11.1. The second kappa shape index (κ2) is 11.4. The molecule has 0 bridgehead atoms. The first-order valence-electron chi connectivity index (χ1n) is 6.84. The molecule has 0 fully saturated rings. The summed E-state index contributed by atoms with van der Waals surface area (Å²) in [5, 5.41) is -1.83. The molecule has 123 valence electrons. The van der Waals surface area contributed by atoms with E-state index in [-0.39, 0.29) is 48.8 Å². The van der Waals surface area contributed by atoms with Crippen LogP contribution in [0.3, 0.4) is 0 Å². The first-order chi connectivity index (χ1) is 9.12. The molecule has 0 saturated carbocycles. The molecule has 2 N–H and O–H groups in total. The summed E-state index contributed by atoms with van der Waals surface area (Å²) in [6, 6.07) is 0. The number of unbranched alkanes of at least 4 members (excludes halogenated alkanes) is 2. The molecule has 2 unspecified atom stereocenters. The van der Waals surface area contributed by atoms with Crippen LogP contribution < -0.4 is 0 Å². The van der Waals surface area contributed by atoms with Crippen LogP contribution in [0.25, 0.3) is 0 Å². The van der Waals surface area contributed by atoms with E-state index in [4.69, 9.17) is 9.11 Å². The van der Waals surface area contributed by atoms with Crippen LogP contribution in [0.1, 0.15) is 58.3 Å². The van der Waals surface area contributed by atoms with E-state index in [2.05, 4.69) is 6.92 Å². The monoisotopic (exact) mass is 353 g/mol. The fourth-order valence-electron chi connectivity index (χ4n) is 2.08. The van der Waals surface area contributed by atoms with E-state index in [1.807, 2.05) is 6.92 Å². The van der Waals surface area contributed by atoms with Crippen molar-refractivity contribution in [2.24, 2.45) is 0 Å². The minimum absolute atomic E-state index is 0. The van der Waals surface area contributed by atoms with Gasteiger partial charge in [-0.3, -0.25) is 9.11 Å². The van der Waals surface area contributed by atoms with Crippen molar-refractivity contribution in [2.75, 3.05) is 0 Å². The van der Waals surface area contributed by atoms with Gasteiger partial charge in [-0.1, -0.05) is 39.5 Å². The third-order valence-electron chi connectivity index (χ3n) is 3.35. The summed E-state index contributed by atoms with van der Waals surface area (Å²) in [7, 11) is -8.26. The number of hydrogen-bond donors (Lipinski definition) is 2. The molecule has 0 saturated heterocycles. The van der Waals surface area contributed by atoms with E-state index in [0.717, 1.165) is 12.8 Å². The van der Waals surface area contributed by atoms with Gasteiger partial charge in [-0.15, -0.1) is 0 Å². The summed E-state index contributed by atoms with van der Waals surface area (Å²) in [6.07, 6.45) is 3.58.